The Bertz CT molecular complexity index is 810. The topological polar surface area (TPSA) is 75.3 Å². The van der Waals surface area contributed by atoms with Crippen LogP contribution in [0.5, 0.6) is 0 Å². The van der Waals surface area contributed by atoms with Gasteiger partial charge < -0.3 is 10.6 Å². The first-order valence-electron chi connectivity index (χ1n) is 7.84. The maximum Gasteiger partial charge on any atom is 0.228 e. The van der Waals surface area contributed by atoms with Gasteiger partial charge in [-0.1, -0.05) is 12.1 Å². The lowest BCUT2D eigenvalue weighted by atomic mass is 9.99. The number of ketones is 1. The first-order valence-corrected chi connectivity index (χ1v) is 7.84. The largest absolute Gasteiger partial charge is 0.326 e. The Hall–Kier alpha value is -2.95. The Morgan fingerprint density at radius 2 is 1.83 bits per heavy atom. The second-order valence-corrected chi connectivity index (χ2v) is 5.90. The van der Waals surface area contributed by atoms with Gasteiger partial charge in [0.1, 0.15) is 0 Å². The van der Waals surface area contributed by atoms with Crippen molar-refractivity contribution in [2.24, 2.45) is 0 Å². The molecule has 5 heteroatoms. The summed E-state index contributed by atoms with van der Waals surface area (Å²) in [5.41, 5.74) is 4.07. The van der Waals surface area contributed by atoms with Crippen LogP contribution in [0.2, 0.25) is 0 Å². The Morgan fingerprint density at radius 3 is 2.54 bits per heavy atom. The molecule has 0 atom stereocenters. The van der Waals surface area contributed by atoms with Gasteiger partial charge in [0.05, 0.1) is 6.42 Å². The number of anilines is 2. The average Bonchev–Trinajstić information content (AvgIpc) is 2.55. The molecule has 0 saturated heterocycles. The van der Waals surface area contributed by atoms with Crippen molar-refractivity contribution in [1.82, 2.24) is 0 Å². The summed E-state index contributed by atoms with van der Waals surface area (Å²) in [4.78, 5) is 34.8. The number of rotatable bonds is 4. The molecule has 1 heterocycles. The van der Waals surface area contributed by atoms with Crippen molar-refractivity contribution in [3.63, 3.8) is 0 Å². The molecule has 0 aromatic heterocycles. The van der Waals surface area contributed by atoms with Gasteiger partial charge in [-0.15, -0.1) is 0 Å². The molecular weight excluding hydrogens is 304 g/mol. The van der Waals surface area contributed by atoms with Crippen LogP contribution in [0.3, 0.4) is 0 Å². The van der Waals surface area contributed by atoms with Crippen LogP contribution in [0.15, 0.2) is 42.5 Å². The van der Waals surface area contributed by atoms with E-state index < -0.39 is 0 Å². The predicted octanol–water partition coefficient (Wildman–Crippen LogP) is 2.96. The Labute approximate surface area is 140 Å². The van der Waals surface area contributed by atoms with E-state index in [9.17, 15) is 14.4 Å². The van der Waals surface area contributed by atoms with Gasteiger partial charge in [-0.25, -0.2) is 0 Å². The molecule has 0 unspecified atom stereocenters. The van der Waals surface area contributed by atoms with Crippen LogP contribution < -0.4 is 10.6 Å². The number of hydrogen-bond acceptors (Lipinski definition) is 3. The van der Waals surface area contributed by atoms with Crippen molar-refractivity contribution < 1.29 is 14.4 Å². The van der Waals surface area contributed by atoms with Crippen molar-refractivity contribution in [2.45, 2.75) is 26.2 Å². The van der Waals surface area contributed by atoms with Crippen molar-refractivity contribution in [3.8, 4) is 0 Å². The van der Waals surface area contributed by atoms with Gasteiger partial charge in [-0.3, -0.25) is 14.4 Å². The standard InChI is InChI=1S/C19H18N2O3/c1-12(22)14-3-6-16(7-4-14)20-19(24)11-13-2-8-17-15(10-13)5-9-18(23)21-17/h2-4,6-8,10H,5,9,11H2,1H3,(H,20,24)(H,21,23). The highest BCUT2D eigenvalue weighted by Gasteiger charge is 2.15. The lowest BCUT2D eigenvalue weighted by Crippen LogP contribution is -2.19. The van der Waals surface area contributed by atoms with E-state index in [1.807, 2.05) is 18.2 Å². The van der Waals surface area contributed by atoms with E-state index in [0.717, 1.165) is 16.8 Å². The summed E-state index contributed by atoms with van der Waals surface area (Å²) < 4.78 is 0. The highest BCUT2D eigenvalue weighted by Crippen LogP contribution is 2.24. The zero-order valence-electron chi connectivity index (χ0n) is 13.4. The van der Waals surface area contributed by atoms with E-state index in [-0.39, 0.29) is 24.0 Å². The molecule has 2 aromatic rings. The number of fused-ring (bicyclic) bond motifs is 1. The van der Waals surface area contributed by atoms with Crippen molar-refractivity contribution >= 4 is 29.0 Å². The lowest BCUT2D eigenvalue weighted by Gasteiger charge is -2.17. The fourth-order valence-electron chi connectivity index (χ4n) is 2.73. The maximum absolute atomic E-state index is 12.2. The SMILES string of the molecule is CC(=O)c1ccc(NC(=O)Cc2ccc3c(c2)CCC(=O)N3)cc1. The molecule has 0 aliphatic carbocycles. The summed E-state index contributed by atoms with van der Waals surface area (Å²) in [6.07, 6.45) is 1.43. The third kappa shape index (κ3) is 3.68. The predicted molar refractivity (Wildman–Crippen MR) is 92.2 cm³/mol. The van der Waals surface area contributed by atoms with E-state index in [1.54, 1.807) is 24.3 Å². The smallest absolute Gasteiger partial charge is 0.228 e. The van der Waals surface area contributed by atoms with Crippen molar-refractivity contribution in [1.29, 1.82) is 0 Å². The van der Waals surface area contributed by atoms with Gasteiger partial charge in [-0.2, -0.15) is 0 Å². The summed E-state index contributed by atoms with van der Waals surface area (Å²) in [6, 6.07) is 12.5. The van der Waals surface area contributed by atoms with Gasteiger partial charge in [0.15, 0.2) is 5.78 Å². The van der Waals surface area contributed by atoms with Crippen LogP contribution in [-0.4, -0.2) is 17.6 Å². The number of carbonyl (C=O) groups is 3. The molecule has 0 fully saturated rings. The minimum absolute atomic E-state index is 0.00553. The molecule has 0 radical (unpaired) electrons. The van der Waals surface area contributed by atoms with Gasteiger partial charge >= 0.3 is 0 Å². The van der Waals surface area contributed by atoms with Crippen LogP contribution in [0.4, 0.5) is 11.4 Å². The highest BCUT2D eigenvalue weighted by atomic mass is 16.2. The van der Waals surface area contributed by atoms with E-state index in [1.165, 1.54) is 6.92 Å². The van der Waals surface area contributed by atoms with Gasteiger partial charge in [0.25, 0.3) is 0 Å². The maximum atomic E-state index is 12.2. The van der Waals surface area contributed by atoms with E-state index in [4.69, 9.17) is 0 Å². The first kappa shape index (κ1) is 15.9. The molecule has 2 N–H and O–H groups in total. The summed E-state index contributed by atoms with van der Waals surface area (Å²) >= 11 is 0. The lowest BCUT2D eigenvalue weighted by molar-refractivity contribution is -0.117. The summed E-state index contributed by atoms with van der Waals surface area (Å²) in [5.74, 6) is -0.0959. The monoisotopic (exact) mass is 322 g/mol. The fraction of sp³-hybridized carbons (Fsp3) is 0.211. The number of amides is 2. The number of benzene rings is 2. The van der Waals surface area contributed by atoms with Crippen LogP contribution in [0, 0.1) is 0 Å². The van der Waals surface area contributed by atoms with Gasteiger partial charge in [0, 0.05) is 23.4 Å². The second-order valence-electron chi connectivity index (χ2n) is 5.90. The molecule has 5 nitrogen and oxygen atoms in total. The zero-order valence-corrected chi connectivity index (χ0v) is 13.4. The number of carbonyl (C=O) groups excluding carboxylic acids is 3. The molecule has 122 valence electrons. The second kappa shape index (κ2) is 6.66. The minimum Gasteiger partial charge on any atom is -0.326 e. The molecule has 1 aliphatic rings. The quantitative estimate of drug-likeness (QED) is 0.850. The Kier molecular flexibility index (Phi) is 4.42. The molecule has 24 heavy (non-hydrogen) atoms. The average molecular weight is 322 g/mol. The van der Waals surface area contributed by atoms with Gasteiger partial charge in [-0.05, 0) is 54.8 Å². The molecule has 2 aromatic carbocycles. The summed E-state index contributed by atoms with van der Waals surface area (Å²) in [5, 5.41) is 5.65. The van der Waals surface area contributed by atoms with E-state index in [2.05, 4.69) is 10.6 Å². The van der Waals surface area contributed by atoms with Crippen LogP contribution in [0.25, 0.3) is 0 Å². The fourth-order valence-corrected chi connectivity index (χ4v) is 2.73. The number of aryl methyl sites for hydroxylation is 1. The molecule has 0 spiro atoms. The summed E-state index contributed by atoms with van der Waals surface area (Å²) in [6.45, 7) is 1.51. The first-order chi connectivity index (χ1) is 11.5. The number of nitrogens with one attached hydrogen (secondary N) is 2. The van der Waals surface area contributed by atoms with Crippen LogP contribution >= 0.6 is 0 Å². The molecule has 1 aliphatic heterocycles. The van der Waals surface area contributed by atoms with E-state index in [0.29, 0.717) is 24.1 Å². The third-order valence-electron chi connectivity index (χ3n) is 4.01. The van der Waals surface area contributed by atoms with Crippen molar-refractivity contribution in [3.05, 3.63) is 59.2 Å². The highest BCUT2D eigenvalue weighted by molar-refractivity contribution is 5.96. The number of Topliss-reactive ketones (excluding diaryl/α,β-unsaturated/α-hetero) is 1. The van der Waals surface area contributed by atoms with Gasteiger partial charge in [0.2, 0.25) is 11.8 Å². The number of hydrogen-bond donors (Lipinski definition) is 2. The molecule has 0 saturated carbocycles. The minimum atomic E-state index is -0.120. The zero-order chi connectivity index (χ0) is 17.1. The molecule has 3 rings (SSSR count). The van der Waals surface area contributed by atoms with Crippen molar-refractivity contribution in [2.75, 3.05) is 10.6 Å². The summed E-state index contributed by atoms with van der Waals surface area (Å²) in [7, 11) is 0. The molecule has 2 amide bonds. The van der Waals surface area contributed by atoms with Crippen LogP contribution in [0.1, 0.15) is 34.8 Å². The van der Waals surface area contributed by atoms with Crippen LogP contribution in [-0.2, 0) is 22.4 Å². The Balaban J connectivity index is 1.64. The normalized spacial score (nSPS) is 13.0. The molecular formula is C19H18N2O3. The Morgan fingerprint density at radius 1 is 1.08 bits per heavy atom. The molecule has 0 bridgehead atoms. The third-order valence-corrected chi connectivity index (χ3v) is 4.01. The van der Waals surface area contributed by atoms with E-state index >= 15 is 0 Å².